The molecule has 2 rings (SSSR count). The molecule has 0 radical (unpaired) electrons. The lowest BCUT2D eigenvalue weighted by Gasteiger charge is -2.21. The molecule has 1 aliphatic rings. The number of hydrogen-bond donors (Lipinski definition) is 2. The van der Waals surface area contributed by atoms with Gasteiger partial charge >= 0.3 is 0 Å². The van der Waals surface area contributed by atoms with E-state index in [0.29, 0.717) is 28.1 Å². The zero-order chi connectivity index (χ0) is 13.0. The highest BCUT2D eigenvalue weighted by Gasteiger charge is 2.18. The van der Waals surface area contributed by atoms with Crippen LogP contribution in [0.1, 0.15) is 10.4 Å². The highest BCUT2D eigenvalue weighted by Crippen LogP contribution is 2.24. The van der Waals surface area contributed by atoms with Gasteiger partial charge in [0.15, 0.2) is 0 Å². The first kappa shape index (κ1) is 13.9. The molecule has 3 N–H and O–H groups in total. The summed E-state index contributed by atoms with van der Waals surface area (Å²) in [5.74, 6) is 3.25. The number of nitrogen functional groups attached to an aromatic ring is 1. The highest BCUT2D eigenvalue weighted by atomic mass is 35.5. The second-order valence-corrected chi connectivity index (χ2v) is 6.95. The average Bonchev–Trinajstić information content (AvgIpc) is 2.37. The number of thioether (sulfide) groups is 2. The number of amides is 1. The molecule has 1 heterocycles. The fourth-order valence-corrected chi connectivity index (χ4v) is 4.61. The summed E-state index contributed by atoms with van der Waals surface area (Å²) < 4.78 is 0. The average molecular weight is 303 g/mol. The molecule has 0 bridgehead atoms. The first-order valence-corrected chi connectivity index (χ1v) is 8.28. The summed E-state index contributed by atoms with van der Waals surface area (Å²) in [7, 11) is 0. The van der Waals surface area contributed by atoms with Gasteiger partial charge in [-0.05, 0) is 12.1 Å². The Balaban J connectivity index is 1.95. The van der Waals surface area contributed by atoms with Crippen LogP contribution in [-0.4, -0.2) is 35.0 Å². The summed E-state index contributed by atoms with van der Waals surface area (Å²) in [5.41, 5.74) is 6.58. The van der Waals surface area contributed by atoms with Crippen LogP contribution in [0.25, 0.3) is 0 Å². The molecule has 0 aliphatic carbocycles. The van der Waals surface area contributed by atoms with Crippen molar-refractivity contribution >= 4 is 46.7 Å². The molecule has 98 valence electrons. The monoisotopic (exact) mass is 302 g/mol. The van der Waals surface area contributed by atoms with Crippen molar-refractivity contribution < 1.29 is 4.79 Å². The molecule has 18 heavy (non-hydrogen) atoms. The summed E-state index contributed by atoms with van der Waals surface area (Å²) in [6, 6.07) is 5.10. The van der Waals surface area contributed by atoms with E-state index in [2.05, 4.69) is 5.32 Å². The van der Waals surface area contributed by atoms with Crippen molar-refractivity contribution in [1.29, 1.82) is 0 Å². The topological polar surface area (TPSA) is 55.1 Å². The summed E-state index contributed by atoms with van der Waals surface area (Å²) in [5, 5.41) is 3.80. The van der Waals surface area contributed by atoms with Crippen molar-refractivity contribution in [3.8, 4) is 0 Å². The van der Waals surface area contributed by atoms with Crippen LogP contribution in [0.4, 0.5) is 5.69 Å². The third-order valence-corrected chi connectivity index (χ3v) is 5.81. The molecule has 1 unspecified atom stereocenters. The molecule has 0 spiro atoms. The lowest BCUT2D eigenvalue weighted by Crippen LogP contribution is -2.33. The second-order valence-electron chi connectivity index (χ2n) is 3.98. The Labute approximate surface area is 120 Å². The lowest BCUT2D eigenvalue weighted by molar-refractivity contribution is 0.0955. The number of nitrogens with one attached hydrogen (secondary N) is 1. The Hall–Kier alpha value is -0.520. The van der Waals surface area contributed by atoms with Gasteiger partial charge in [0.2, 0.25) is 0 Å². The number of nitrogens with two attached hydrogens (primary N) is 1. The maximum Gasteiger partial charge on any atom is 0.254 e. The second kappa shape index (κ2) is 6.59. The van der Waals surface area contributed by atoms with E-state index in [1.165, 1.54) is 5.75 Å². The normalized spacial score (nSPS) is 19.5. The van der Waals surface area contributed by atoms with Gasteiger partial charge in [-0.15, -0.1) is 0 Å². The minimum Gasteiger partial charge on any atom is -0.398 e. The zero-order valence-corrected chi connectivity index (χ0v) is 12.2. The largest absolute Gasteiger partial charge is 0.398 e. The minimum absolute atomic E-state index is 0.186. The molecule has 0 saturated carbocycles. The van der Waals surface area contributed by atoms with Crippen LogP contribution in [0.2, 0.25) is 5.02 Å². The van der Waals surface area contributed by atoms with Crippen LogP contribution in [0.3, 0.4) is 0 Å². The van der Waals surface area contributed by atoms with E-state index in [0.717, 1.165) is 11.5 Å². The summed E-state index contributed by atoms with van der Waals surface area (Å²) in [6.45, 7) is 0.668. The summed E-state index contributed by atoms with van der Waals surface area (Å²) in [4.78, 5) is 12.0. The molecule has 1 atom stereocenters. The summed E-state index contributed by atoms with van der Waals surface area (Å²) in [6.07, 6.45) is 0. The highest BCUT2D eigenvalue weighted by molar-refractivity contribution is 8.06. The third-order valence-electron chi connectivity index (χ3n) is 2.65. The first-order valence-electron chi connectivity index (χ1n) is 5.70. The maximum atomic E-state index is 12.0. The SMILES string of the molecule is Nc1cccc(Cl)c1C(=O)NCC1CSCCS1. The van der Waals surface area contributed by atoms with E-state index in [4.69, 9.17) is 17.3 Å². The van der Waals surface area contributed by atoms with Gasteiger partial charge in [0.25, 0.3) is 5.91 Å². The molecular formula is C12H15ClN2OS2. The molecule has 1 amide bonds. The lowest BCUT2D eigenvalue weighted by atomic mass is 10.1. The molecule has 6 heteroatoms. The van der Waals surface area contributed by atoms with Crippen LogP contribution in [0.5, 0.6) is 0 Å². The van der Waals surface area contributed by atoms with Crippen molar-refractivity contribution in [3.63, 3.8) is 0 Å². The van der Waals surface area contributed by atoms with Crippen LogP contribution < -0.4 is 11.1 Å². The van der Waals surface area contributed by atoms with Crippen LogP contribution in [0, 0.1) is 0 Å². The van der Waals surface area contributed by atoms with Gasteiger partial charge in [-0.1, -0.05) is 17.7 Å². The molecule has 1 aromatic rings. The Morgan fingerprint density at radius 2 is 2.33 bits per heavy atom. The summed E-state index contributed by atoms with van der Waals surface area (Å²) >= 11 is 9.84. The number of rotatable bonds is 3. The van der Waals surface area contributed by atoms with E-state index < -0.39 is 0 Å². The fraction of sp³-hybridized carbons (Fsp3) is 0.417. The Morgan fingerprint density at radius 3 is 3.00 bits per heavy atom. The number of carbonyl (C=O) groups is 1. The number of anilines is 1. The van der Waals surface area contributed by atoms with Crippen LogP contribution in [-0.2, 0) is 0 Å². The molecule has 1 aromatic carbocycles. The van der Waals surface area contributed by atoms with Gasteiger partial charge < -0.3 is 11.1 Å². The van der Waals surface area contributed by atoms with Gasteiger partial charge in [0, 0.05) is 34.7 Å². The predicted molar refractivity (Wildman–Crippen MR) is 81.8 cm³/mol. The van der Waals surface area contributed by atoms with E-state index in [-0.39, 0.29) is 5.91 Å². The smallest absolute Gasteiger partial charge is 0.254 e. The van der Waals surface area contributed by atoms with Gasteiger partial charge in [-0.25, -0.2) is 0 Å². The van der Waals surface area contributed by atoms with Crippen molar-refractivity contribution in [1.82, 2.24) is 5.32 Å². The van der Waals surface area contributed by atoms with Gasteiger partial charge in [0.1, 0.15) is 0 Å². The number of halogens is 1. The van der Waals surface area contributed by atoms with Crippen LogP contribution >= 0.6 is 35.1 Å². The van der Waals surface area contributed by atoms with Crippen molar-refractivity contribution in [2.24, 2.45) is 0 Å². The van der Waals surface area contributed by atoms with E-state index in [9.17, 15) is 4.79 Å². The van der Waals surface area contributed by atoms with Crippen LogP contribution in [0.15, 0.2) is 18.2 Å². The van der Waals surface area contributed by atoms with Gasteiger partial charge in [0.05, 0.1) is 10.6 Å². The zero-order valence-electron chi connectivity index (χ0n) is 9.82. The van der Waals surface area contributed by atoms with Crippen molar-refractivity contribution in [2.75, 3.05) is 29.5 Å². The molecule has 3 nitrogen and oxygen atoms in total. The number of benzene rings is 1. The minimum atomic E-state index is -0.186. The van der Waals surface area contributed by atoms with E-state index in [1.54, 1.807) is 18.2 Å². The Kier molecular flexibility index (Phi) is 5.09. The van der Waals surface area contributed by atoms with E-state index in [1.807, 2.05) is 23.5 Å². The standard InChI is InChI=1S/C12H15ClN2OS2/c13-9-2-1-3-10(14)11(9)12(16)15-6-8-7-17-4-5-18-8/h1-3,8H,4-7,14H2,(H,15,16). The van der Waals surface area contributed by atoms with Crippen molar-refractivity contribution in [3.05, 3.63) is 28.8 Å². The predicted octanol–water partition coefficient (Wildman–Crippen LogP) is 2.50. The van der Waals surface area contributed by atoms with Gasteiger partial charge in [-0.2, -0.15) is 23.5 Å². The fourth-order valence-electron chi connectivity index (χ4n) is 1.73. The Morgan fingerprint density at radius 1 is 1.50 bits per heavy atom. The quantitative estimate of drug-likeness (QED) is 0.842. The first-order chi connectivity index (χ1) is 8.68. The molecular weight excluding hydrogens is 288 g/mol. The number of carbonyl (C=O) groups excluding carboxylic acids is 1. The van der Waals surface area contributed by atoms with Gasteiger partial charge in [-0.3, -0.25) is 4.79 Å². The third kappa shape index (κ3) is 3.49. The molecule has 1 aliphatic heterocycles. The van der Waals surface area contributed by atoms with E-state index >= 15 is 0 Å². The maximum absolute atomic E-state index is 12.0. The molecule has 1 saturated heterocycles. The number of hydrogen-bond acceptors (Lipinski definition) is 4. The van der Waals surface area contributed by atoms with Crippen molar-refractivity contribution in [2.45, 2.75) is 5.25 Å². The molecule has 1 fully saturated rings. The molecule has 0 aromatic heterocycles. The Bertz CT molecular complexity index is 416.